The number of benzene rings is 1. The quantitative estimate of drug-likeness (QED) is 0.769. The summed E-state index contributed by atoms with van der Waals surface area (Å²) in [5.74, 6) is 0.420. The van der Waals surface area contributed by atoms with Gasteiger partial charge in [-0.1, -0.05) is 25.3 Å². The summed E-state index contributed by atoms with van der Waals surface area (Å²) < 4.78 is 13.2. The Morgan fingerprint density at radius 3 is 2.65 bits per heavy atom. The van der Waals surface area contributed by atoms with Gasteiger partial charge in [-0.15, -0.1) is 0 Å². The lowest BCUT2D eigenvalue weighted by molar-refractivity contribution is 0.437. The van der Waals surface area contributed by atoms with Crippen molar-refractivity contribution < 1.29 is 4.39 Å². The van der Waals surface area contributed by atoms with Gasteiger partial charge in [-0.3, -0.25) is 0 Å². The van der Waals surface area contributed by atoms with E-state index in [1.807, 2.05) is 20.0 Å². The number of rotatable bonds is 2. The molecule has 2 unspecified atom stereocenters. The number of nitrogens with one attached hydrogen (secondary N) is 1. The summed E-state index contributed by atoms with van der Waals surface area (Å²) in [4.78, 5) is 0. The lowest BCUT2D eigenvalue weighted by atomic mass is 9.85. The van der Waals surface area contributed by atoms with Crippen molar-refractivity contribution in [2.75, 3.05) is 7.05 Å². The smallest absolute Gasteiger partial charge is 0.123 e. The van der Waals surface area contributed by atoms with Crippen LogP contribution in [0.4, 0.5) is 4.39 Å². The predicted molar refractivity (Wildman–Crippen MR) is 69.8 cm³/mol. The first-order chi connectivity index (χ1) is 8.22. The molecule has 2 atom stereocenters. The molecule has 1 aromatic rings. The van der Waals surface area contributed by atoms with E-state index in [9.17, 15) is 4.39 Å². The van der Waals surface area contributed by atoms with Crippen LogP contribution in [0.1, 0.15) is 49.1 Å². The van der Waals surface area contributed by atoms with E-state index in [2.05, 4.69) is 5.32 Å². The van der Waals surface area contributed by atoms with Crippen LogP contribution >= 0.6 is 0 Å². The first kappa shape index (κ1) is 12.6. The molecule has 0 aromatic heterocycles. The maximum absolute atomic E-state index is 13.2. The molecular formula is C15H22FN. The second kappa shape index (κ2) is 5.63. The van der Waals surface area contributed by atoms with Gasteiger partial charge in [0.25, 0.3) is 0 Å². The van der Waals surface area contributed by atoms with E-state index in [0.29, 0.717) is 12.0 Å². The monoisotopic (exact) mass is 235 g/mol. The zero-order valence-corrected chi connectivity index (χ0v) is 10.8. The van der Waals surface area contributed by atoms with Crippen molar-refractivity contribution in [1.29, 1.82) is 0 Å². The molecule has 1 N–H and O–H groups in total. The van der Waals surface area contributed by atoms with Gasteiger partial charge in [0.05, 0.1) is 0 Å². The molecular weight excluding hydrogens is 213 g/mol. The molecule has 1 aliphatic rings. The minimum atomic E-state index is -0.124. The molecule has 0 spiro atoms. The summed E-state index contributed by atoms with van der Waals surface area (Å²) in [5, 5.41) is 3.44. The molecule has 0 amide bonds. The van der Waals surface area contributed by atoms with Crippen LogP contribution in [0.5, 0.6) is 0 Å². The summed E-state index contributed by atoms with van der Waals surface area (Å²) in [7, 11) is 2.04. The van der Waals surface area contributed by atoms with Gasteiger partial charge < -0.3 is 5.32 Å². The second-order valence-electron chi connectivity index (χ2n) is 5.14. The van der Waals surface area contributed by atoms with Gasteiger partial charge in [0.2, 0.25) is 0 Å². The summed E-state index contributed by atoms with van der Waals surface area (Å²) in [6.45, 7) is 2.02. The van der Waals surface area contributed by atoms with Crippen molar-refractivity contribution in [1.82, 2.24) is 5.32 Å². The summed E-state index contributed by atoms with van der Waals surface area (Å²) in [6.07, 6.45) is 6.38. The number of halogens is 1. The van der Waals surface area contributed by atoms with Crippen LogP contribution in [0.25, 0.3) is 0 Å². The molecule has 2 rings (SSSR count). The average molecular weight is 235 g/mol. The molecule has 2 heteroatoms. The van der Waals surface area contributed by atoms with Crippen molar-refractivity contribution in [3.05, 3.63) is 35.1 Å². The summed E-state index contributed by atoms with van der Waals surface area (Å²) in [6, 6.07) is 5.78. The van der Waals surface area contributed by atoms with Crippen LogP contribution < -0.4 is 5.32 Å². The summed E-state index contributed by atoms with van der Waals surface area (Å²) in [5.41, 5.74) is 2.42. The van der Waals surface area contributed by atoms with Crippen LogP contribution in [-0.2, 0) is 0 Å². The molecule has 1 aliphatic carbocycles. The SMILES string of the molecule is CNC1CCCCCC1c1ccc(F)cc1C. The highest BCUT2D eigenvalue weighted by Crippen LogP contribution is 2.33. The van der Waals surface area contributed by atoms with Crippen LogP contribution in [0, 0.1) is 12.7 Å². The lowest BCUT2D eigenvalue weighted by Gasteiger charge is -2.26. The molecule has 1 aromatic carbocycles. The molecule has 0 aliphatic heterocycles. The van der Waals surface area contributed by atoms with E-state index in [-0.39, 0.29) is 5.82 Å². The van der Waals surface area contributed by atoms with Crippen LogP contribution in [0.2, 0.25) is 0 Å². The first-order valence-corrected chi connectivity index (χ1v) is 6.65. The van der Waals surface area contributed by atoms with Crippen molar-refractivity contribution in [2.24, 2.45) is 0 Å². The lowest BCUT2D eigenvalue weighted by Crippen LogP contribution is -2.31. The minimum Gasteiger partial charge on any atom is -0.316 e. The van der Waals surface area contributed by atoms with Crippen molar-refractivity contribution in [3.8, 4) is 0 Å². The van der Waals surface area contributed by atoms with Crippen molar-refractivity contribution in [3.63, 3.8) is 0 Å². The van der Waals surface area contributed by atoms with E-state index in [1.54, 1.807) is 12.1 Å². The van der Waals surface area contributed by atoms with Crippen molar-refractivity contribution >= 4 is 0 Å². The zero-order chi connectivity index (χ0) is 12.3. The first-order valence-electron chi connectivity index (χ1n) is 6.65. The van der Waals surface area contributed by atoms with Crippen LogP contribution in [0.3, 0.4) is 0 Å². The van der Waals surface area contributed by atoms with E-state index < -0.39 is 0 Å². The molecule has 94 valence electrons. The average Bonchev–Trinajstić information content (AvgIpc) is 2.54. The highest BCUT2D eigenvalue weighted by atomic mass is 19.1. The second-order valence-corrected chi connectivity index (χ2v) is 5.14. The fourth-order valence-corrected chi connectivity index (χ4v) is 3.08. The summed E-state index contributed by atoms with van der Waals surface area (Å²) >= 11 is 0. The Morgan fingerprint density at radius 2 is 1.94 bits per heavy atom. The van der Waals surface area contributed by atoms with Crippen LogP contribution in [0.15, 0.2) is 18.2 Å². The molecule has 1 saturated carbocycles. The fraction of sp³-hybridized carbons (Fsp3) is 0.600. The van der Waals surface area contributed by atoms with Gasteiger partial charge in [0.1, 0.15) is 5.82 Å². The Labute approximate surface area is 103 Å². The number of likely N-dealkylation sites (N-methyl/N-ethyl adjacent to an activating group) is 1. The minimum absolute atomic E-state index is 0.124. The van der Waals surface area contributed by atoms with E-state index in [4.69, 9.17) is 0 Å². The maximum Gasteiger partial charge on any atom is 0.123 e. The van der Waals surface area contributed by atoms with Gasteiger partial charge >= 0.3 is 0 Å². The molecule has 1 fully saturated rings. The third-order valence-corrected chi connectivity index (χ3v) is 4.02. The Morgan fingerprint density at radius 1 is 1.18 bits per heavy atom. The predicted octanol–water partition coefficient (Wildman–Crippen LogP) is 3.77. The van der Waals surface area contributed by atoms with Gasteiger partial charge in [0.15, 0.2) is 0 Å². The maximum atomic E-state index is 13.2. The third-order valence-electron chi connectivity index (χ3n) is 4.02. The fourth-order valence-electron chi connectivity index (χ4n) is 3.08. The Hall–Kier alpha value is -0.890. The Kier molecular flexibility index (Phi) is 4.16. The molecule has 1 nitrogen and oxygen atoms in total. The molecule has 17 heavy (non-hydrogen) atoms. The number of hydrogen-bond donors (Lipinski definition) is 1. The molecule has 0 bridgehead atoms. The highest BCUT2D eigenvalue weighted by molar-refractivity contribution is 5.31. The normalized spacial score (nSPS) is 25.6. The molecule has 0 radical (unpaired) electrons. The third kappa shape index (κ3) is 2.86. The molecule has 0 heterocycles. The Bertz CT molecular complexity index is 375. The van der Waals surface area contributed by atoms with E-state index in [1.165, 1.54) is 37.7 Å². The van der Waals surface area contributed by atoms with Gasteiger partial charge in [-0.25, -0.2) is 4.39 Å². The van der Waals surface area contributed by atoms with E-state index >= 15 is 0 Å². The number of aryl methyl sites for hydroxylation is 1. The van der Waals surface area contributed by atoms with Gasteiger partial charge in [-0.2, -0.15) is 0 Å². The molecule has 0 saturated heterocycles. The topological polar surface area (TPSA) is 12.0 Å². The Balaban J connectivity index is 2.28. The van der Waals surface area contributed by atoms with Crippen LogP contribution in [-0.4, -0.2) is 13.1 Å². The van der Waals surface area contributed by atoms with Crippen molar-refractivity contribution in [2.45, 2.75) is 51.0 Å². The highest BCUT2D eigenvalue weighted by Gasteiger charge is 2.24. The zero-order valence-electron chi connectivity index (χ0n) is 10.8. The standard InChI is InChI=1S/C15H22FN/c1-11-10-12(16)8-9-13(11)14-6-4-3-5-7-15(14)17-2/h8-10,14-15,17H,3-7H2,1-2H3. The largest absolute Gasteiger partial charge is 0.316 e. The van der Waals surface area contributed by atoms with E-state index in [0.717, 1.165) is 5.56 Å². The van der Waals surface area contributed by atoms with Gasteiger partial charge in [0, 0.05) is 6.04 Å². The van der Waals surface area contributed by atoms with Gasteiger partial charge in [-0.05, 0) is 56.0 Å². The number of hydrogen-bond acceptors (Lipinski definition) is 1.